The molecule has 2 heterocycles. The number of rotatable bonds is 10. The average Bonchev–Trinajstić information content (AvgIpc) is 3.55. The van der Waals surface area contributed by atoms with E-state index in [4.69, 9.17) is 25.5 Å². The molecule has 1 saturated heterocycles. The van der Waals surface area contributed by atoms with Crippen LogP contribution >= 0.6 is 11.6 Å². The first kappa shape index (κ1) is 26.3. The van der Waals surface area contributed by atoms with Crippen LogP contribution in [0, 0.1) is 5.82 Å². The number of amides is 2. The molecule has 0 unspecified atom stereocenters. The summed E-state index contributed by atoms with van der Waals surface area (Å²) in [5.74, 6) is -0.315. The smallest absolute Gasteiger partial charge is 0.409 e. The van der Waals surface area contributed by atoms with Crippen molar-refractivity contribution in [3.63, 3.8) is 0 Å². The van der Waals surface area contributed by atoms with Gasteiger partial charge in [0.15, 0.2) is 11.3 Å². The summed E-state index contributed by atoms with van der Waals surface area (Å²) in [7, 11) is 1.49. The molecule has 202 valence electrons. The van der Waals surface area contributed by atoms with Crippen LogP contribution in [0.3, 0.4) is 0 Å². The number of carbonyl (C=O) groups excluding carboxylic acids is 2. The number of oxazole rings is 1. The zero-order valence-corrected chi connectivity index (χ0v) is 21.9. The van der Waals surface area contributed by atoms with E-state index in [1.54, 1.807) is 40.1 Å². The molecule has 0 saturated carbocycles. The van der Waals surface area contributed by atoms with Gasteiger partial charge in [0.05, 0.1) is 13.7 Å². The Morgan fingerprint density at radius 2 is 2.00 bits per heavy atom. The van der Waals surface area contributed by atoms with Crippen LogP contribution in [0.2, 0.25) is 5.02 Å². The van der Waals surface area contributed by atoms with Crippen molar-refractivity contribution >= 4 is 40.7 Å². The Morgan fingerprint density at radius 1 is 1.18 bits per heavy atom. The van der Waals surface area contributed by atoms with Gasteiger partial charge in [-0.15, -0.1) is 0 Å². The van der Waals surface area contributed by atoms with Crippen molar-refractivity contribution in [2.24, 2.45) is 0 Å². The highest BCUT2D eigenvalue weighted by Crippen LogP contribution is 2.31. The third kappa shape index (κ3) is 6.23. The number of anilines is 1. The topological polar surface area (TPSA) is 97.1 Å². The van der Waals surface area contributed by atoms with Crippen molar-refractivity contribution < 1.29 is 27.9 Å². The van der Waals surface area contributed by atoms with Crippen LogP contribution in [-0.4, -0.2) is 60.1 Å². The predicted molar refractivity (Wildman–Crippen MR) is 143 cm³/mol. The number of halogens is 2. The molecule has 0 radical (unpaired) electrons. The zero-order chi connectivity index (χ0) is 27.4. The van der Waals surface area contributed by atoms with Crippen molar-refractivity contribution in [2.75, 3.05) is 38.7 Å². The molecule has 1 aliphatic rings. The second-order valence-electron chi connectivity index (χ2n) is 8.98. The second-order valence-corrected chi connectivity index (χ2v) is 9.42. The number of aromatic nitrogens is 1. The standard InChI is InChI=1S/C28H26ClFN4O5/c1-37-24-15-20(14-23-25(24)39-27(32-23)31-16-19-3-2-4-21(29)13-19)26(35)34(10-9-33-11-12-38-28(33)36)17-18-5-7-22(30)8-6-18/h2-8,13-15H,9-12,16-17H2,1H3,(H,31,32). The van der Waals surface area contributed by atoms with Crippen LogP contribution in [0.5, 0.6) is 5.75 Å². The van der Waals surface area contributed by atoms with Crippen LogP contribution in [0.15, 0.2) is 65.1 Å². The van der Waals surface area contributed by atoms with Crippen molar-refractivity contribution in [1.29, 1.82) is 0 Å². The number of carbonyl (C=O) groups is 2. The summed E-state index contributed by atoms with van der Waals surface area (Å²) in [6, 6.07) is 16.9. The summed E-state index contributed by atoms with van der Waals surface area (Å²) in [5, 5.41) is 3.75. The molecule has 0 bridgehead atoms. The van der Waals surface area contributed by atoms with Crippen molar-refractivity contribution in [1.82, 2.24) is 14.8 Å². The quantitative estimate of drug-likeness (QED) is 0.284. The third-order valence-electron chi connectivity index (χ3n) is 6.31. The Kier molecular flexibility index (Phi) is 7.83. The third-order valence-corrected chi connectivity index (χ3v) is 6.55. The number of hydrogen-bond donors (Lipinski definition) is 1. The summed E-state index contributed by atoms with van der Waals surface area (Å²) < 4.78 is 29.9. The van der Waals surface area contributed by atoms with Gasteiger partial charge in [0.25, 0.3) is 11.9 Å². The van der Waals surface area contributed by atoms with Gasteiger partial charge < -0.3 is 29.0 Å². The number of fused-ring (bicyclic) bond motifs is 1. The van der Waals surface area contributed by atoms with E-state index in [2.05, 4.69) is 10.3 Å². The van der Waals surface area contributed by atoms with Crippen molar-refractivity contribution in [3.8, 4) is 5.75 Å². The SMILES string of the molecule is COc1cc(C(=O)N(CCN2CCOC2=O)Cc2ccc(F)cc2)cc2nc(NCc3cccc(Cl)c3)oc12. The highest BCUT2D eigenvalue weighted by molar-refractivity contribution is 6.30. The van der Waals surface area contributed by atoms with E-state index in [0.717, 1.165) is 11.1 Å². The maximum atomic E-state index is 13.7. The maximum Gasteiger partial charge on any atom is 0.409 e. The summed E-state index contributed by atoms with van der Waals surface area (Å²) in [5.41, 5.74) is 2.87. The minimum absolute atomic E-state index is 0.216. The van der Waals surface area contributed by atoms with Crippen molar-refractivity contribution in [3.05, 3.63) is 88.2 Å². The molecule has 1 fully saturated rings. The first-order valence-electron chi connectivity index (χ1n) is 12.3. The van der Waals surface area contributed by atoms with Crippen LogP contribution in [0.1, 0.15) is 21.5 Å². The van der Waals surface area contributed by atoms with Gasteiger partial charge in [0, 0.05) is 36.8 Å². The first-order chi connectivity index (χ1) is 18.9. The number of hydrogen-bond acceptors (Lipinski definition) is 7. The van der Waals surface area contributed by atoms with Crippen molar-refractivity contribution in [2.45, 2.75) is 13.1 Å². The molecule has 1 N–H and O–H groups in total. The predicted octanol–water partition coefficient (Wildman–Crippen LogP) is 5.34. The fraction of sp³-hybridized carbons (Fsp3) is 0.250. The molecule has 1 aliphatic heterocycles. The summed E-state index contributed by atoms with van der Waals surface area (Å²) >= 11 is 6.07. The molecule has 3 aromatic carbocycles. The zero-order valence-electron chi connectivity index (χ0n) is 21.2. The Morgan fingerprint density at radius 3 is 2.72 bits per heavy atom. The Labute approximate surface area is 229 Å². The normalized spacial score (nSPS) is 13.0. The fourth-order valence-corrected chi connectivity index (χ4v) is 4.51. The van der Waals surface area contributed by atoms with Crippen LogP contribution in [0.4, 0.5) is 15.2 Å². The summed E-state index contributed by atoms with van der Waals surface area (Å²) in [6.45, 7) is 1.97. The Hall–Kier alpha value is -4.31. The molecule has 0 atom stereocenters. The molecule has 0 aliphatic carbocycles. The summed E-state index contributed by atoms with van der Waals surface area (Å²) in [6.07, 6.45) is -0.410. The van der Waals surface area contributed by atoms with Gasteiger partial charge in [-0.1, -0.05) is 35.9 Å². The molecule has 4 aromatic rings. The van der Waals surface area contributed by atoms with Gasteiger partial charge in [0.1, 0.15) is 17.9 Å². The van der Waals surface area contributed by atoms with E-state index >= 15 is 0 Å². The average molecular weight is 553 g/mol. The number of benzene rings is 3. The monoisotopic (exact) mass is 552 g/mol. The van der Waals surface area contributed by atoms with E-state index in [-0.39, 0.29) is 30.8 Å². The van der Waals surface area contributed by atoms with Gasteiger partial charge in [-0.05, 0) is 47.5 Å². The van der Waals surface area contributed by atoms with E-state index < -0.39 is 6.09 Å². The van der Waals surface area contributed by atoms with Gasteiger partial charge in [-0.25, -0.2) is 9.18 Å². The number of methoxy groups -OCH3 is 1. The Bertz CT molecular complexity index is 1490. The highest BCUT2D eigenvalue weighted by Gasteiger charge is 2.25. The molecule has 39 heavy (non-hydrogen) atoms. The Balaban J connectivity index is 1.39. The van der Waals surface area contributed by atoms with E-state index in [1.165, 1.54) is 19.2 Å². The highest BCUT2D eigenvalue weighted by atomic mass is 35.5. The molecule has 9 nitrogen and oxygen atoms in total. The summed E-state index contributed by atoms with van der Waals surface area (Å²) in [4.78, 5) is 33.3. The lowest BCUT2D eigenvalue weighted by Gasteiger charge is -2.25. The van der Waals surface area contributed by atoms with Crippen LogP contribution in [0.25, 0.3) is 11.1 Å². The molecule has 11 heteroatoms. The van der Waals surface area contributed by atoms with Gasteiger partial charge in [-0.2, -0.15) is 4.98 Å². The fourth-order valence-electron chi connectivity index (χ4n) is 4.29. The van der Waals surface area contributed by atoms with Gasteiger partial charge in [0.2, 0.25) is 0 Å². The molecule has 2 amide bonds. The van der Waals surface area contributed by atoms with Gasteiger partial charge >= 0.3 is 6.09 Å². The molecular formula is C28H26ClFN4O5. The minimum Gasteiger partial charge on any atom is -0.493 e. The second kappa shape index (κ2) is 11.6. The van der Waals surface area contributed by atoms with E-state index in [9.17, 15) is 14.0 Å². The lowest BCUT2D eigenvalue weighted by molar-refractivity contribution is 0.0727. The number of nitrogens with zero attached hydrogens (tertiary/aromatic N) is 3. The lowest BCUT2D eigenvalue weighted by atomic mass is 10.1. The van der Waals surface area contributed by atoms with Crippen LogP contribution in [-0.2, 0) is 17.8 Å². The molecule has 5 rings (SSSR count). The van der Waals surface area contributed by atoms with E-state index in [0.29, 0.717) is 53.7 Å². The number of cyclic esters (lactones) is 1. The number of ether oxygens (including phenoxy) is 2. The first-order valence-corrected chi connectivity index (χ1v) is 12.7. The molecular weight excluding hydrogens is 527 g/mol. The number of nitrogens with one attached hydrogen (secondary N) is 1. The maximum absolute atomic E-state index is 13.7. The minimum atomic E-state index is -0.410. The van der Waals surface area contributed by atoms with Gasteiger partial charge in [-0.3, -0.25) is 4.79 Å². The largest absolute Gasteiger partial charge is 0.493 e. The lowest BCUT2D eigenvalue weighted by Crippen LogP contribution is -2.38. The van der Waals surface area contributed by atoms with Crippen LogP contribution < -0.4 is 10.1 Å². The van der Waals surface area contributed by atoms with E-state index in [1.807, 2.05) is 18.2 Å². The molecule has 0 spiro atoms. The molecule has 1 aromatic heterocycles.